The third-order valence-electron chi connectivity index (χ3n) is 3.16. The molecule has 1 atom stereocenters. The van der Waals surface area contributed by atoms with Crippen molar-refractivity contribution < 1.29 is 9.90 Å². The summed E-state index contributed by atoms with van der Waals surface area (Å²) in [6.45, 7) is 3.69. The summed E-state index contributed by atoms with van der Waals surface area (Å²) >= 11 is 0. The van der Waals surface area contributed by atoms with E-state index in [2.05, 4.69) is 4.90 Å². The summed E-state index contributed by atoms with van der Waals surface area (Å²) in [6.07, 6.45) is 1.03. The molecule has 1 heterocycles. The number of aliphatic hydroxyl groups excluding tert-OH is 1. The van der Waals surface area contributed by atoms with E-state index in [0.29, 0.717) is 5.92 Å². The summed E-state index contributed by atoms with van der Waals surface area (Å²) < 4.78 is 0. The second kappa shape index (κ2) is 4.66. The van der Waals surface area contributed by atoms with Crippen LogP contribution >= 0.6 is 0 Å². The number of hydrogen-bond donors (Lipinski definition) is 1. The second-order valence-corrected chi connectivity index (χ2v) is 4.39. The van der Waals surface area contributed by atoms with Crippen LogP contribution in [0.2, 0.25) is 0 Å². The molecule has 1 unspecified atom stereocenters. The van der Waals surface area contributed by atoms with Gasteiger partial charge in [0.2, 0.25) is 0 Å². The van der Waals surface area contributed by atoms with E-state index in [1.54, 1.807) is 6.92 Å². The summed E-state index contributed by atoms with van der Waals surface area (Å²) in [5.41, 5.74) is 1.84. The molecule has 1 aromatic rings. The third kappa shape index (κ3) is 2.25. The maximum absolute atomic E-state index is 11.3. The number of Topliss-reactive ketones (excluding diaryl/α,β-unsaturated/α-hetero) is 1. The van der Waals surface area contributed by atoms with Gasteiger partial charge in [0.15, 0.2) is 5.78 Å². The predicted molar refractivity (Wildman–Crippen MR) is 63.9 cm³/mol. The smallest absolute Gasteiger partial charge is 0.159 e. The topological polar surface area (TPSA) is 40.5 Å². The monoisotopic (exact) mass is 219 g/mol. The molecule has 3 heteroatoms. The second-order valence-electron chi connectivity index (χ2n) is 4.39. The number of anilines is 1. The van der Waals surface area contributed by atoms with Crippen molar-refractivity contribution in [2.45, 2.75) is 13.3 Å². The number of aliphatic hydroxyl groups is 1. The number of carbonyl (C=O) groups is 1. The molecule has 1 aromatic carbocycles. The van der Waals surface area contributed by atoms with Gasteiger partial charge in [-0.1, -0.05) is 12.1 Å². The van der Waals surface area contributed by atoms with E-state index in [1.807, 2.05) is 24.3 Å². The first-order valence-electron chi connectivity index (χ1n) is 5.67. The summed E-state index contributed by atoms with van der Waals surface area (Å²) in [6, 6.07) is 7.71. The van der Waals surface area contributed by atoms with Crippen LogP contribution in [0.3, 0.4) is 0 Å². The number of hydrogen-bond acceptors (Lipinski definition) is 3. The molecular weight excluding hydrogens is 202 g/mol. The van der Waals surface area contributed by atoms with E-state index in [9.17, 15) is 4.79 Å². The zero-order valence-electron chi connectivity index (χ0n) is 9.52. The van der Waals surface area contributed by atoms with Crippen LogP contribution in [0.4, 0.5) is 5.69 Å². The van der Waals surface area contributed by atoms with Gasteiger partial charge in [-0.25, -0.2) is 0 Å². The van der Waals surface area contributed by atoms with Gasteiger partial charge >= 0.3 is 0 Å². The van der Waals surface area contributed by atoms with E-state index in [1.165, 1.54) is 0 Å². The maximum atomic E-state index is 11.3. The van der Waals surface area contributed by atoms with Gasteiger partial charge in [0.25, 0.3) is 0 Å². The van der Waals surface area contributed by atoms with Crippen molar-refractivity contribution in [1.82, 2.24) is 0 Å². The molecule has 0 radical (unpaired) electrons. The minimum absolute atomic E-state index is 0.0970. The third-order valence-corrected chi connectivity index (χ3v) is 3.16. The lowest BCUT2D eigenvalue weighted by molar-refractivity contribution is 0.101. The van der Waals surface area contributed by atoms with Crippen LogP contribution in [0.1, 0.15) is 23.7 Å². The molecule has 1 aliphatic heterocycles. The number of nitrogens with zero attached hydrogens (tertiary/aromatic N) is 1. The average Bonchev–Trinajstić information content (AvgIpc) is 2.77. The lowest BCUT2D eigenvalue weighted by Gasteiger charge is -2.18. The fourth-order valence-electron chi connectivity index (χ4n) is 2.14. The molecule has 0 bridgehead atoms. The molecule has 1 N–H and O–H groups in total. The Kier molecular flexibility index (Phi) is 3.25. The molecule has 1 aliphatic rings. The molecule has 3 nitrogen and oxygen atoms in total. The van der Waals surface area contributed by atoms with Gasteiger partial charge in [0.05, 0.1) is 0 Å². The van der Waals surface area contributed by atoms with Crippen molar-refractivity contribution in [2.24, 2.45) is 5.92 Å². The highest BCUT2D eigenvalue weighted by Gasteiger charge is 2.22. The Hall–Kier alpha value is -1.35. The standard InChI is InChI=1S/C13H17NO2/c1-10(16)12-3-2-4-13(7-12)14-6-5-11(8-14)9-15/h2-4,7,11,15H,5-6,8-9H2,1H3. The molecule has 0 spiro atoms. The van der Waals surface area contributed by atoms with Crippen LogP contribution in [-0.4, -0.2) is 30.6 Å². The van der Waals surface area contributed by atoms with E-state index in [4.69, 9.17) is 5.11 Å². The van der Waals surface area contributed by atoms with E-state index >= 15 is 0 Å². The number of benzene rings is 1. The predicted octanol–water partition coefficient (Wildman–Crippen LogP) is 1.71. The highest BCUT2D eigenvalue weighted by Crippen LogP contribution is 2.24. The largest absolute Gasteiger partial charge is 0.396 e. The first kappa shape index (κ1) is 11.1. The Morgan fingerprint density at radius 1 is 1.56 bits per heavy atom. The number of rotatable bonds is 3. The SMILES string of the molecule is CC(=O)c1cccc(N2CCC(CO)C2)c1. The molecule has 16 heavy (non-hydrogen) atoms. The maximum Gasteiger partial charge on any atom is 0.159 e. The van der Waals surface area contributed by atoms with Crippen LogP contribution in [0.15, 0.2) is 24.3 Å². The summed E-state index contributed by atoms with van der Waals surface area (Å²) in [5.74, 6) is 0.473. The summed E-state index contributed by atoms with van der Waals surface area (Å²) in [5, 5.41) is 9.09. The molecule has 0 aromatic heterocycles. The average molecular weight is 219 g/mol. The normalized spacial score (nSPS) is 20.1. The number of carbonyl (C=O) groups excluding carboxylic acids is 1. The zero-order valence-corrected chi connectivity index (χ0v) is 9.52. The minimum atomic E-state index is 0.0970. The van der Waals surface area contributed by atoms with E-state index < -0.39 is 0 Å². The van der Waals surface area contributed by atoms with Crippen molar-refractivity contribution in [2.75, 3.05) is 24.6 Å². The van der Waals surface area contributed by atoms with Gasteiger partial charge in [0, 0.05) is 36.9 Å². The van der Waals surface area contributed by atoms with Crippen molar-refractivity contribution in [1.29, 1.82) is 0 Å². The van der Waals surface area contributed by atoms with Crippen LogP contribution in [0.5, 0.6) is 0 Å². The Morgan fingerprint density at radius 2 is 2.38 bits per heavy atom. The van der Waals surface area contributed by atoms with Gasteiger partial charge in [0.1, 0.15) is 0 Å². The molecule has 2 rings (SSSR count). The fourth-order valence-corrected chi connectivity index (χ4v) is 2.14. The summed E-state index contributed by atoms with van der Waals surface area (Å²) in [7, 11) is 0. The zero-order chi connectivity index (χ0) is 11.5. The van der Waals surface area contributed by atoms with Crippen molar-refractivity contribution >= 4 is 11.5 Å². The van der Waals surface area contributed by atoms with E-state index in [-0.39, 0.29) is 12.4 Å². The van der Waals surface area contributed by atoms with Crippen molar-refractivity contribution in [3.8, 4) is 0 Å². The Balaban J connectivity index is 2.15. The lowest BCUT2D eigenvalue weighted by Crippen LogP contribution is -2.20. The number of ketones is 1. The van der Waals surface area contributed by atoms with Crippen LogP contribution in [0.25, 0.3) is 0 Å². The Bertz CT molecular complexity index is 389. The van der Waals surface area contributed by atoms with Gasteiger partial charge in [-0.05, 0) is 25.5 Å². The van der Waals surface area contributed by atoms with E-state index in [0.717, 1.165) is 30.8 Å². The molecule has 0 saturated carbocycles. The van der Waals surface area contributed by atoms with Gasteiger partial charge in [-0.3, -0.25) is 4.79 Å². The van der Waals surface area contributed by atoms with Crippen molar-refractivity contribution in [3.05, 3.63) is 29.8 Å². The fraction of sp³-hybridized carbons (Fsp3) is 0.462. The molecule has 0 amide bonds. The van der Waals surface area contributed by atoms with Crippen LogP contribution < -0.4 is 4.90 Å². The molecular formula is C13H17NO2. The van der Waals surface area contributed by atoms with Gasteiger partial charge < -0.3 is 10.0 Å². The summed E-state index contributed by atoms with van der Waals surface area (Å²) in [4.78, 5) is 13.5. The van der Waals surface area contributed by atoms with Gasteiger partial charge in [-0.15, -0.1) is 0 Å². The quantitative estimate of drug-likeness (QED) is 0.787. The highest BCUT2D eigenvalue weighted by molar-refractivity contribution is 5.94. The molecule has 0 aliphatic carbocycles. The molecule has 1 saturated heterocycles. The van der Waals surface area contributed by atoms with Crippen LogP contribution in [0, 0.1) is 5.92 Å². The first-order chi connectivity index (χ1) is 7.70. The van der Waals surface area contributed by atoms with Gasteiger partial charge in [-0.2, -0.15) is 0 Å². The Morgan fingerprint density at radius 3 is 3.00 bits per heavy atom. The highest BCUT2D eigenvalue weighted by atomic mass is 16.3. The first-order valence-corrected chi connectivity index (χ1v) is 5.67. The minimum Gasteiger partial charge on any atom is -0.396 e. The van der Waals surface area contributed by atoms with Crippen molar-refractivity contribution in [3.63, 3.8) is 0 Å². The molecule has 86 valence electrons. The molecule has 1 fully saturated rings. The lowest BCUT2D eigenvalue weighted by atomic mass is 10.1. The Labute approximate surface area is 95.7 Å². The van der Waals surface area contributed by atoms with Crippen LogP contribution in [-0.2, 0) is 0 Å².